The lowest BCUT2D eigenvalue weighted by Gasteiger charge is -2.16. The van der Waals surface area contributed by atoms with Gasteiger partial charge in [-0.3, -0.25) is 0 Å². The highest BCUT2D eigenvalue weighted by Gasteiger charge is 2.19. The monoisotopic (exact) mass is 483 g/mol. The molecule has 2 aromatic carbocycles. The number of urea groups is 1. The Balaban J connectivity index is 1.44. The van der Waals surface area contributed by atoms with Crippen LogP contribution in [-0.2, 0) is 6.61 Å². The predicted octanol–water partition coefficient (Wildman–Crippen LogP) is 4.83. The molecule has 4 rings (SSSR count). The second kappa shape index (κ2) is 10.3. The minimum atomic E-state index is -0.504. The number of carbonyl (C=O) groups excluding carboxylic acids is 1. The second-order valence-corrected chi connectivity index (χ2v) is 7.75. The number of anilines is 1. The van der Waals surface area contributed by atoms with E-state index in [2.05, 4.69) is 30.7 Å². The second-order valence-electron chi connectivity index (χ2n) is 6.94. The molecule has 0 radical (unpaired) electrons. The van der Waals surface area contributed by atoms with Gasteiger partial charge in [0.05, 0.1) is 21.8 Å². The van der Waals surface area contributed by atoms with E-state index in [4.69, 9.17) is 27.9 Å². The first kappa shape index (κ1) is 22.5. The van der Waals surface area contributed by atoms with Gasteiger partial charge in [0, 0.05) is 18.5 Å². The van der Waals surface area contributed by atoms with Gasteiger partial charge in [0.1, 0.15) is 18.7 Å². The number of halogens is 2. The van der Waals surface area contributed by atoms with Crippen LogP contribution in [0, 0.1) is 0 Å². The lowest BCUT2D eigenvalue weighted by Crippen LogP contribution is -2.32. The maximum absolute atomic E-state index is 12.7. The Bertz CT molecular complexity index is 1240. The molecule has 33 heavy (non-hydrogen) atoms. The largest absolute Gasteiger partial charge is 0.487 e. The molecule has 0 fully saturated rings. The third-order valence-corrected chi connectivity index (χ3v) is 5.17. The third-order valence-electron chi connectivity index (χ3n) is 4.56. The summed E-state index contributed by atoms with van der Waals surface area (Å²) in [6, 6.07) is 13.5. The average molecular weight is 484 g/mol. The Hall–Kier alpha value is -3.69. The zero-order valence-corrected chi connectivity index (χ0v) is 19.0. The van der Waals surface area contributed by atoms with E-state index in [1.165, 1.54) is 17.1 Å². The standard InChI is InChI=1S/C22H19Cl2N7O2/c1-14(20-27-13-28-31(20)21-25-8-5-9-26-21)29-22(32)30-18-11-19(17(24)10-16(18)23)33-12-15-6-3-2-4-7-15/h2-11,13-14H,12H2,1H3,(H2,29,30,32). The van der Waals surface area contributed by atoms with Gasteiger partial charge in [0.25, 0.3) is 5.95 Å². The molecule has 1 atom stereocenters. The summed E-state index contributed by atoms with van der Waals surface area (Å²) in [5.41, 5.74) is 1.33. The molecule has 168 valence electrons. The van der Waals surface area contributed by atoms with Crippen LogP contribution in [0.2, 0.25) is 10.0 Å². The van der Waals surface area contributed by atoms with Crippen LogP contribution in [0.5, 0.6) is 5.75 Å². The highest BCUT2D eigenvalue weighted by molar-refractivity contribution is 6.37. The summed E-state index contributed by atoms with van der Waals surface area (Å²) in [6.07, 6.45) is 4.56. The first-order valence-electron chi connectivity index (χ1n) is 9.92. The molecule has 11 heteroatoms. The van der Waals surface area contributed by atoms with Crippen molar-refractivity contribution in [3.05, 3.63) is 88.7 Å². The summed E-state index contributed by atoms with van der Waals surface area (Å²) in [6.45, 7) is 2.09. The molecule has 0 bridgehead atoms. The molecule has 0 spiro atoms. The molecule has 2 aromatic heterocycles. The zero-order valence-electron chi connectivity index (χ0n) is 17.4. The van der Waals surface area contributed by atoms with Crippen molar-refractivity contribution < 1.29 is 9.53 Å². The van der Waals surface area contributed by atoms with Gasteiger partial charge in [-0.25, -0.2) is 19.7 Å². The molecule has 2 heterocycles. The van der Waals surface area contributed by atoms with Crippen LogP contribution in [0.25, 0.3) is 5.95 Å². The molecule has 2 N–H and O–H groups in total. The van der Waals surface area contributed by atoms with Crippen molar-refractivity contribution in [2.75, 3.05) is 5.32 Å². The Labute approximate surface area is 199 Å². The fourth-order valence-corrected chi connectivity index (χ4v) is 3.48. The van der Waals surface area contributed by atoms with Crippen molar-refractivity contribution in [3.63, 3.8) is 0 Å². The summed E-state index contributed by atoms with van der Waals surface area (Å²) >= 11 is 12.5. The van der Waals surface area contributed by atoms with Crippen LogP contribution in [-0.4, -0.2) is 30.8 Å². The number of carbonyl (C=O) groups is 1. The lowest BCUT2D eigenvalue weighted by molar-refractivity contribution is 0.248. The molecular formula is C22H19Cl2N7O2. The number of nitrogens with one attached hydrogen (secondary N) is 2. The van der Waals surface area contributed by atoms with E-state index in [0.29, 0.717) is 34.8 Å². The van der Waals surface area contributed by atoms with Gasteiger partial charge in [-0.15, -0.1) is 0 Å². The molecule has 0 aliphatic rings. The molecule has 4 aromatic rings. The van der Waals surface area contributed by atoms with Gasteiger partial charge in [-0.2, -0.15) is 9.78 Å². The van der Waals surface area contributed by atoms with Gasteiger partial charge >= 0.3 is 6.03 Å². The molecule has 1 unspecified atom stereocenters. The minimum absolute atomic E-state index is 0.274. The van der Waals surface area contributed by atoms with Crippen molar-refractivity contribution >= 4 is 34.9 Å². The third kappa shape index (κ3) is 5.57. The fraction of sp³-hybridized carbons (Fsp3) is 0.136. The van der Waals surface area contributed by atoms with Crippen molar-refractivity contribution in [2.45, 2.75) is 19.6 Å². The van der Waals surface area contributed by atoms with E-state index in [-0.39, 0.29) is 5.02 Å². The minimum Gasteiger partial charge on any atom is -0.487 e. The SMILES string of the molecule is CC(NC(=O)Nc1cc(OCc2ccccc2)c(Cl)cc1Cl)c1ncnn1-c1ncccn1. The molecule has 0 aliphatic heterocycles. The van der Waals surface area contributed by atoms with E-state index in [1.54, 1.807) is 31.5 Å². The average Bonchev–Trinajstić information content (AvgIpc) is 3.31. The Morgan fingerprint density at radius 3 is 2.58 bits per heavy atom. The Morgan fingerprint density at radius 1 is 1.06 bits per heavy atom. The summed E-state index contributed by atoms with van der Waals surface area (Å²) < 4.78 is 7.26. The summed E-state index contributed by atoms with van der Waals surface area (Å²) in [5.74, 6) is 1.21. The van der Waals surface area contributed by atoms with Crippen LogP contribution >= 0.6 is 23.2 Å². The summed E-state index contributed by atoms with van der Waals surface area (Å²) in [5, 5.41) is 10.3. The van der Waals surface area contributed by atoms with Crippen LogP contribution in [0.1, 0.15) is 24.4 Å². The Morgan fingerprint density at radius 2 is 1.82 bits per heavy atom. The van der Waals surface area contributed by atoms with Crippen LogP contribution in [0.3, 0.4) is 0 Å². The molecule has 0 saturated heterocycles. The Kier molecular flexibility index (Phi) is 7.01. The number of benzene rings is 2. The van der Waals surface area contributed by atoms with Crippen LogP contribution in [0.4, 0.5) is 10.5 Å². The van der Waals surface area contributed by atoms with Gasteiger partial charge in [0.15, 0.2) is 5.82 Å². The normalized spacial score (nSPS) is 11.6. The quantitative estimate of drug-likeness (QED) is 0.389. The molecule has 9 nitrogen and oxygen atoms in total. The predicted molar refractivity (Wildman–Crippen MR) is 125 cm³/mol. The maximum atomic E-state index is 12.7. The van der Waals surface area contributed by atoms with Crippen molar-refractivity contribution in [2.24, 2.45) is 0 Å². The number of rotatable bonds is 7. The number of amides is 2. The number of hydrogen-bond donors (Lipinski definition) is 2. The summed E-state index contributed by atoms with van der Waals surface area (Å²) in [4.78, 5) is 25.2. The highest BCUT2D eigenvalue weighted by Crippen LogP contribution is 2.34. The van der Waals surface area contributed by atoms with E-state index >= 15 is 0 Å². The number of ether oxygens (including phenoxy) is 1. The van der Waals surface area contributed by atoms with E-state index in [0.717, 1.165) is 5.56 Å². The van der Waals surface area contributed by atoms with Crippen LogP contribution < -0.4 is 15.4 Å². The van der Waals surface area contributed by atoms with Gasteiger partial charge < -0.3 is 15.4 Å². The summed E-state index contributed by atoms with van der Waals surface area (Å²) in [7, 11) is 0. The first-order chi connectivity index (χ1) is 16.0. The first-order valence-corrected chi connectivity index (χ1v) is 10.7. The fourth-order valence-electron chi connectivity index (χ4n) is 2.99. The molecular weight excluding hydrogens is 465 g/mol. The van der Waals surface area contributed by atoms with Crippen LogP contribution in [0.15, 0.2) is 67.3 Å². The maximum Gasteiger partial charge on any atom is 0.319 e. The van der Waals surface area contributed by atoms with E-state index in [9.17, 15) is 4.79 Å². The van der Waals surface area contributed by atoms with Crippen molar-refractivity contribution in [3.8, 4) is 11.7 Å². The van der Waals surface area contributed by atoms with Gasteiger partial charge in [0.2, 0.25) is 0 Å². The smallest absolute Gasteiger partial charge is 0.319 e. The number of hydrogen-bond acceptors (Lipinski definition) is 6. The number of nitrogens with zero attached hydrogens (tertiary/aromatic N) is 5. The van der Waals surface area contributed by atoms with Crippen molar-refractivity contribution in [1.82, 2.24) is 30.0 Å². The molecule has 0 aliphatic carbocycles. The van der Waals surface area contributed by atoms with Gasteiger partial charge in [-0.1, -0.05) is 53.5 Å². The van der Waals surface area contributed by atoms with Crippen molar-refractivity contribution in [1.29, 1.82) is 0 Å². The van der Waals surface area contributed by atoms with E-state index < -0.39 is 12.1 Å². The van der Waals surface area contributed by atoms with Gasteiger partial charge in [-0.05, 0) is 24.6 Å². The topological polar surface area (TPSA) is 107 Å². The zero-order chi connectivity index (χ0) is 23.2. The van der Waals surface area contributed by atoms with E-state index in [1.807, 2.05) is 30.3 Å². The highest BCUT2D eigenvalue weighted by atomic mass is 35.5. The lowest BCUT2D eigenvalue weighted by atomic mass is 10.2. The molecule has 2 amide bonds. The number of aromatic nitrogens is 5. The molecule has 0 saturated carbocycles.